The summed E-state index contributed by atoms with van der Waals surface area (Å²) in [4.78, 5) is 38.1. The van der Waals surface area contributed by atoms with Crippen molar-refractivity contribution in [3.05, 3.63) is 24.3 Å². The van der Waals surface area contributed by atoms with Crippen molar-refractivity contribution >= 4 is 17.9 Å². The molecule has 0 N–H and O–H groups in total. The van der Waals surface area contributed by atoms with Gasteiger partial charge in [0.25, 0.3) is 0 Å². The maximum atomic E-state index is 12.8. The second kappa shape index (κ2) is 52.5. The smallest absolute Gasteiger partial charge is 0.306 e. The van der Waals surface area contributed by atoms with Crippen LogP contribution in [0.3, 0.4) is 0 Å². The van der Waals surface area contributed by atoms with Crippen LogP contribution in [-0.2, 0) is 28.6 Å². The van der Waals surface area contributed by atoms with E-state index in [4.69, 9.17) is 14.2 Å². The molecule has 0 spiro atoms. The highest BCUT2D eigenvalue weighted by molar-refractivity contribution is 5.71. The Hall–Kier alpha value is -2.11. The van der Waals surface area contributed by atoms with Crippen molar-refractivity contribution in [3.63, 3.8) is 0 Å². The van der Waals surface area contributed by atoms with Crippen LogP contribution < -0.4 is 0 Å². The Morgan fingerprint density at radius 3 is 0.905 bits per heavy atom. The van der Waals surface area contributed by atoms with Crippen LogP contribution in [0, 0.1) is 0 Å². The van der Waals surface area contributed by atoms with Crippen LogP contribution in [-0.4, -0.2) is 37.2 Å². The summed E-state index contributed by atoms with van der Waals surface area (Å²) in [7, 11) is 0. The predicted molar refractivity (Wildman–Crippen MR) is 270 cm³/mol. The van der Waals surface area contributed by atoms with Crippen molar-refractivity contribution in [2.45, 2.75) is 309 Å². The van der Waals surface area contributed by atoms with Gasteiger partial charge in [-0.05, 0) is 51.4 Å². The highest BCUT2D eigenvalue weighted by Crippen LogP contribution is 2.17. The average Bonchev–Trinajstić information content (AvgIpc) is 3.28. The monoisotopic (exact) mass is 887 g/mol. The molecule has 0 bridgehead atoms. The first kappa shape index (κ1) is 60.9. The van der Waals surface area contributed by atoms with E-state index in [1.54, 1.807) is 0 Å². The van der Waals surface area contributed by atoms with Gasteiger partial charge < -0.3 is 14.2 Å². The fraction of sp³-hybridized carbons (Fsp3) is 0.877. The first-order valence-electron chi connectivity index (χ1n) is 27.8. The summed E-state index contributed by atoms with van der Waals surface area (Å²) in [6, 6.07) is 0. The number of hydrogen-bond acceptors (Lipinski definition) is 6. The summed E-state index contributed by atoms with van der Waals surface area (Å²) in [5.41, 5.74) is 0. The maximum absolute atomic E-state index is 12.8. The van der Waals surface area contributed by atoms with E-state index in [0.29, 0.717) is 19.3 Å². The van der Waals surface area contributed by atoms with E-state index in [0.717, 1.165) is 77.0 Å². The van der Waals surface area contributed by atoms with Crippen molar-refractivity contribution in [3.8, 4) is 0 Å². The summed E-state index contributed by atoms with van der Waals surface area (Å²) >= 11 is 0. The largest absolute Gasteiger partial charge is 0.462 e. The van der Waals surface area contributed by atoms with Gasteiger partial charge in [-0.15, -0.1) is 0 Å². The molecule has 370 valence electrons. The van der Waals surface area contributed by atoms with E-state index in [2.05, 4.69) is 45.1 Å². The number of carbonyl (C=O) groups excluding carboxylic acids is 3. The molecule has 0 fully saturated rings. The van der Waals surface area contributed by atoms with Crippen LogP contribution in [0.1, 0.15) is 303 Å². The Morgan fingerprint density at radius 2 is 0.571 bits per heavy atom. The second-order valence-corrected chi connectivity index (χ2v) is 18.9. The number of rotatable bonds is 51. The van der Waals surface area contributed by atoms with Crippen molar-refractivity contribution in [1.82, 2.24) is 0 Å². The highest BCUT2D eigenvalue weighted by Gasteiger charge is 2.19. The zero-order chi connectivity index (χ0) is 45.8. The molecule has 6 nitrogen and oxygen atoms in total. The summed E-state index contributed by atoms with van der Waals surface area (Å²) in [5, 5.41) is 0. The van der Waals surface area contributed by atoms with E-state index < -0.39 is 6.10 Å². The fourth-order valence-electron chi connectivity index (χ4n) is 8.24. The lowest BCUT2D eigenvalue weighted by atomic mass is 10.0. The normalized spacial score (nSPS) is 12.1. The lowest BCUT2D eigenvalue weighted by Crippen LogP contribution is -2.30. The molecule has 0 amide bonds. The predicted octanol–water partition coefficient (Wildman–Crippen LogP) is 18.3. The zero-order valence-corrected chi connectivity index (χ0v) is 42.4. The van der Waals surface area contributed by atoms with Gasteiger partial charge in [0, 0.05) is 19.3 Å². The molecule has 0 radical (unpaired) electrons. The van der Waals surface area contributed by atoms with Gasteiger partial charge >= 0.3 is 17.9 Å². The molecule has 0 saturated heterocycles. The zero-order valence-electron chi connectivity index (χ0n) is 42.4. The van der Waals surface area contributed by atoms with Crippen LogP contribution in [0.25, 0.3) is 0 Å². The van der Waals surface area contributed by atoms with Crippen molar-refractivity contribution in [2.75, 3.05) is 13.2 Å². The molecule has 0 aliphatic carbocycles. The van der Waals surface area contributed by atoms with E-state index in [9.17, 15) is 14.4 Å². The topological polar surface area (TPSA) is 78.9 Å². The standard InChI is InChI=1S/C57H106O6/c1-4-7-10-13-16-19-22-25-27-28-30-32-35-38-41-44-47-50-56(59)62-53-54(52-61-55(58)49-46-43-40-37-34-31-24-21-18-15-12-9-6-3)63-57(60)51-48-45-42-39-36-33-29-26-23-20-17-14-11-8-5-2/h17,20,26,29,54H,4-16,18-19,21-25,27-28,30-53H2,1-3H3/b20-17+,29-26+/t54-/m1/s1. The lowest BCUT2D eigenvalue weighted by Gasteiger charge is -2.18. The van der Waals surface area contributed by atoms with Gasteiger partial charge in [0.1, 0.15) is 13.2 Å². The number of ether oxygens (including phenoxy) is 3. The number of carbonyl (C=O) groups is 3. The van der Waals surface area contributed by atoms with E-state index in [1.807, 2.05) is 0 Å². The van der Waals surface area contributed by atoms with Crippen LogP contribution in [0.15, 0.2) is 24.3 Å². The Balaban J connectivity index is 4.33. The third kappa shape index (κ3) is 50.7. The molecule has 0 aliphatic rings. The van der Waals surface area contributed by atoms with Crippen LogP contribution in [0.2, 0.25) is 0 Å². The minimum atomic E-state index is -0.773. The second-order valence-electron chi connectivity index (χ2n) is 18.9. The first-order valence-corrected chi connectivity index (χ1v) is 27.8. The molecule has 0 aliphatic heterocycles. The Kier molecular flexibility index (Phi) is 50.8. The summed E-state index contributed by atoms with van der Waals surface area (Å²) in [5.74, 6) is -0.867. The van der Waals surface area contributed by atoms with E-state index in [-0.39, 0.29) is 31.1 Å². The highest BCUT2D eigenvalue weighted by atomic mass is 16.6. The van der Waals surface area contributed by atoms with Gasteiger partial charge in [-0.3, -0.25) is 14.4 Å². The molecule has 0 saturated carbocycles. The van der Waals surface area contributed by atoms with Crippen LogP contribution in [0.5, 0.6) is 0 Å². The minimum absolute atomic E-state index is 0.0717. The maximum Gasteiger partial charge on any atom is 0.306 e. The van der Waals surface area contributed by atoms with Gasteiger partial charge in [0.15, 0.2) is 6.10 Å². The Bertz CT molecular complexity index is 1020. The van der Waals surface area contributed by atoms with Crippen molar-refractivity contribution in [2.24, 2.45) is 0 Å². The number of hydrogen-bond donors (Lipinski definition) is 0. The molecule has 1 atom stereocenters. The molecule has 6 heteroatoms. The number of esters is 3. The average molecular weight is 887 g/mol. The molecule has 0 rings (SSSR count). The molecule has 0 aromatic heterocycles. The van der Waals surface area contributed by atoms with Gasteiger partial charge in [-0.25, -0.2) is 0 Å². The lowest BCUT2D eigenvalue weighted by molar-refractivity contribution is -0.167. The van der Waals surface area contributed by atoms with Crippen LogP contribution >= 0.6 is 0 Å². The quantitative estimate of drug-likeness (QED) is 0.0262. The molecular formula is C57H106O6. The molecule has 63 heavy (non-hydrogen) atoms. The summed E-state index contributed by atoms with van der Waals surface area (Å²) in [6.07, 6.45) is 60.2. The Labute approximate surface area is 392 Å². The first-order chi connectivity index (χ1) is 31.0. The molecule has 0 heterocycles. The third-order valence-electron chi connectivity index (χ3n) is 12.5. The van der Waals surface area contributed by atoms with Gasteiger partial charge in [0.05, 0.1) is 0 Å². The Morgan fingerprint density at radius 1 is 0.317 bits per heavy atom. The summed E-state index contributed by atoms with van der Waals surface area (Å²) in [6.45, 7) is 6.64. The minimum Gasteiger partial charge on any atom is -0.462 e. The molecular weight excluding hydrogens is 781 g/mol. The molecule has 0 aromatic carbocycles. The number of unbranched alkanes of at least 4 members (excludes halogenated alkanes) is 36. The summed E-state index contributed by atoms with van der Waals surface area (Å²) < 4.78 is 16.8. The fourth-order valence-corrected chi connectivity index (χ4v) is 8.24. The molecule has 0 aromatic rings. The van der Waals surface area contributed by atoms with Gasteiger partial charge in [-0.2, -0.15) is 0 Å². The van der Waals surface area contributed by atoms with Gasteiger partial charge in [-0.1, -0.05) is 257 Å². The van der Waals surface area contributed by atoms with Gasteiger partial charge in [0.2, 0.25) is 0 Å². The SMILES string of the molecule is CCCCC/C=C/C/C=C/CCCCCCCC(=O)O[C@H](COC(=O)CCCCCCCCCCCCCCC)COC(=O)CCCCCCCCCCCCCCCCCCC. The van der Waals surface area contributed by atoms with Crippen molar-refractivity contribution in [1.29, 1.82) is 0 Å². The number of allylic oxidation sites excluding steroid dienone is 4. The van der Waals surface area contributed by atoms with Crippen LogP contribution in [0.4, 0.5) is 0 Å². The van der Waals surface area contributed by atoms with E-state index >= 15 is 0 Å². The van der Waals surface area contributed by atoms with Crippen molar-refractivity contribution < 1.29 is 28.6 Å². The van der Waals surface area contributed by atoms with E-state index in [1.165, 1.54) is 186 Å². The third-order valence-corrected chi connectivity index (χ3v) is 12.5. The molecule has 0 unspecified atom stereocenters.